The molecule has 0 radical (unpaired) electrons. The molecule has 108 valence electrons. The molecule has 0 atom stereocenters. The van der Waals surface area contributed by atoms with Crippen molar-refractivity contribution in [1.29, 1.82) is 0 Å². The first kappa shape index (κ1) is 13.9. The van der Waals surface area contributed by atoms with E-state index in [2.05, 4.69) is 12.2 Å². The first-order chi connectivity index (χ1) is 9.56. The van der Waals surface area contributed by atoms with Crippen LogP contribution in [0.3, 0.4) is 0 Å². The Kier molecular flexibility index (Phi) is 3.71. The monoisotopic (exact) mass is 296 g/mol. The minimum Gasteiger partial charge on any atom is -0.332 e. The molecule has 0 unspecified atom stereocenters. The minimum atomic E-state index is -0.451. The molecule has 1 spiro atoms. The normalized spacial score (nSPS) is 29.6. The molecule has 20 heavy (non-hydrogen) atoms. The Morgan fingerprint density at radius 1 is 1.30 bits per heavy atom. The highest BCUT2D eigenvalue weighted by Crippen LogP contribution is 2.41. The van der Waals surface area contributed by atoms with Gasteiger partial charge in [0.25, 0.3) is 0 Å². The van der Waals surface area contributed by atoms with E-state index < -0.39 is 11.6 Å². The average Bonchev–Trinajstić information content (AvgIpc) is 2.81. The minimum absolute atomic E-state index is 0.0172. The molecule has 0 amide bonds. The Hall–Kier alpha value is -1.10. The number of amidine groups is 1. The van der Waals surface area contributed by atoms with Crippen molar-refractivity contribution in [2.24, 2.45) is 10.9 Å². The average molecular weight is 296 g/mol. The highest BCUT2D eigenvalue weighted by Gasteiger charge is 2.38. The van der Waals surface area contributed by atoms with Crippen molar-refractivity contribution in [3.8, 4) is 0 Å². The standard InChI is InChI=1S/C15H18F2N2S/c1-10-4-6-15(7-5-10)9-20-14(19-15)18-13-8-11(16)2-3-12(13)17/h2-3,8,10H,4-7,9H2,1H3,(H,18,19). The van der Waals surface area contributed by atoms with Crippen molar-refractivity contribution in [3.05, 3.63) is 29.8 Å². The molecular formula is C15H18F2N2S. The van der Waals surface area contributed by atoms with Gasteiger partial charge in [0.15, 0.2) is 5.17 Å². The number of hydrogen-bond acceptors (Lipinski definition) is 3. The Labute approximate surface area is 122 Å². The van der Waals surface area contributed by atoms with Gasteiger partial charge in [0.1, 0.15) is 11.6 Å². The predicted molar refractivity (Wildman–Crippen MR) is 80.2 cm³/mol. The largest absolute Gasteiger partial charge is 0.332 e. The maximum atomic E-state index is 13.6. The van der Waals surface area contributed by atoms with Crippen LogP contribution in [0.5, 0.6) is 0 Å². The SMILES string of the molecule is CC1CCC2(CC1)CSC(Nc1cc(F)ccc1F)=N2. The van der Waals surface area contributed by atoms with Crippen LogP contribution in [0.1, 0.15) is 32.6 Å². The van der Waals surface area contributed by atoms with Gasteiger partial charge in [-0.3, -0.25) is 4.99 Å². The third-order valence-electron chi connectivity index (χ3n) is 4.19. The first-order valence-electron chi connectivity index (χ1n) is 7.01. The van der Waals surface area contributed by atoms with Gasteiger partial charge in [-0.2, -0.15) is 0 Å². The number of rotatable bonds is 1. The molecule has 1 N–H and O–H groups in total. The van der Waals surface area contributed by atoms with Crippen molar-refractivity contribution in [2.75, 3.05) is 11.1 Å². The molecule has 1 aliphatic carbocycles. The Bertz CT molecular complexity index is 537. The lowest BCUT2D eigenvalue weighted by Crippen LogP contribution is -2.32. The molecule has 2 nitrogen and oxygen atoms in total. The molecule has 2 aliphatic rings. The quantitative estimate of drug-likeness (QED) is 0.829. The molecule has 5 heteroatoms. The first-order valence-corrected chi connectivity index (χ1v) is 8.00. The maximum absolute atomic E-state index is 13.6. The molecule has 1 aliphatic heterocycles. The van der Waals surface area contributed by atoms with Gasteiger partial charge < -0.3 is 5.32 Å². The Morgan fingerprint density at radius 3 is 2.80 bits per heavy atom. The third kappa shape index (κ3) is 2.82. The summed E-state index contributed by atoms with van der Waals surface area (Å²) >= 11 is 1.61. The molecule has 3 rings (SSSR count). The lowest BCUT2D eigenvalue weighted by molar-refractivity contribution is 0.273. The van der Waals surface area contributed by atoms with E-state index in [-0.39, 0.29) is 11.2 Å². The van der Waals surface area contributed by atoms with E-state index in [9.17, 15) is 8.78 Å². The van der Waals surface area contributed by atoms with E-state index >= 15 is 0 Å². The van der Waals surface area contributed by atoms with E-state index in [0.717, 1.165) is 36.6 Å². The van der Waals surface area contributed by atoms with Crippen molar-refractivity contribution < 1.29 is 8.78 Å². The van der Waals surface area contributed by atoms with Gasteiger partial charge in [-0.25, -0.2) is 8.78 Å². The lowest BCUT2D eigenvalue weighted by Gasteiger charge is -2.32. The summed E-state index contributed by atoms with van der Waals surface area (Å²) in [6.07, 6.45) is 4.59. The number of nitrogens with one attached hydrogen (secondary N) is 1. The highest BCUT2D eigenvalue weighted by atomic mass is 32.2. The second-order valence-electron chi connectivity index (χ2n) is 5.86. The fraction of sp³-hybridized carbons (Fsp3) is 0.533. The molecule has 0 bridgehead atoms. The van der Waals surface area contributed by atoms with E-state index in [1.807, 2.05) is 0 Å². The number of nitrogens with zero attached hydrogens (tertiary/aromatic N) is 1. The summed E-state index contributed by atoms with van der Waals surface area (Å²) in [7, 11) is 0. The topological polar surface area (TPSA) is 24.4 Å². The number of hydrogen-bond donors (Lipinski definition) is 1. The number of aliphatic imine (C=N–C) groups is 1. The second kappa shape index (κ2) is 5.35. The van der Waals surface area contributed by atoms with Crippen LogP contribution in [0.15, 0.2) is 23.2 Å². The summed E-state index contributed by atoms with van der Waals surface area (Å²) in [5.74, 6) is 0.823. The van der Waals surface area contributed by atoms with Gasteiger partial charge >= 0.3 is 0 Å². The smallest absolute Gasteiger partial charge is 0.161 e. The van der Waals surface area contributed by atoms with E-state index in [4.69, 9.17) is 4.99 Å². The highest BCUT2D eigenvalue weighted by molar-refractivity contribution is 8.14. The molecule has 1 aromatic carbocycles. The molecular weight excluding hydrogens is 278 g/mol. The van der Waals surface area contributed by atoms with E-state index in [0.29, 0.717) is 5.17 Å². The van der Waals surface area contributed by atoms with Crippen molar-refractivity contribution in [2.45, 2.75) is 38.1 Å². The molecule has 1 heterocycles. The van der Waals surface area contributed by atoms with Gasteiger partial charge in [0, 0.05) is 11.8 Å². The lowest BCUT2D eigenvalue weighted by atomic mass is 9.79. The van der Waals surface area contributed by atoms with E-state index in [1.54, 1.807) is 11.8 Å². The summed E-state index contributed by atoms with van der Waals surface area (Å²) in [6, 6.07) is 3.43. The van der Waals surface area contributed by atoms with Crippen LogP contribution in [0, 0.1) is 17.6 Å². The summed E-state index contributed by atoms with van der Waals surface area (Å²) in [5.41, 5.74) is 0.182. The maximum Gasteiger partial charge on any atom is 0.161 e. The molecule has 0 aromatic heterocycles. The van der Waals surface area contributed by atoms with Gasteiger partial charge in [0.05, 0.1) is 11.2 Å². The summed E-state index contributed by atoms with van der Waals surface area (Å²) in [5, 5.41) is 3.64. The molecule has 1 saturated carbocycles. The van der Waals surface area contributed by atoms with Gasteiger partial charge in [-0.1, -0.05) is 18.7 Å². The molecule has 1 aromatic rings. The number of anilines is 1. The zero-order chi connectivity index (χ0) is 14.2. The summed E-state index contributed by atoms with van der Waals surface area (Å²) in [4.78, 5) is 4.76. The van der Waals surface area contributed by atoms with Gasteiger partial charge in [-0.15, -0.1) is 0 Å². The van der Waals surface area contributed by atoms with Crippen LogP contribution >= 0.6 is 11.8 Å². The van der Waals surface area contributed by atoms with Crippen LogP contribution in [0.25, 0.3) is 0 Å². The van der Waals surface area contributed by atoms with Crippen molar-refractivity contribution in [3.63, 3.8) is 0 Å². The van der Waals surface area contributed by atoms with E-state index in [1.165, 1.54) is 18.9 Å². The van der Waals surface area contributed by atoms with Crippen LogP contribution < -0.4 is 5.32 Å². The van der Waals surface area contributed by atoms with Gasteiger partial charge in [0.2, 0.25) is 0 Å². The molecule has 1 fully saturated rings. The Balaban J connectivity index is 1.74. The third-order valence-corrected chi connectivity index (χ3v) is 5.34. The van der Waals surface area contributed by atoms with Gasteiger partial charge in [-0.05, 0) is 43.7 Å². The fourth-order valence-electron chi connectivity index (χ4n) is 2.81. The second-order valence-corrected chi connectivity index (χ2v) is 6.83. The Morgan fingerprint density at radius 2 is 2.05 bits per heavy atom. The predicted octanol–water partition coefficient (Wildman–Crippen LogP) is 4.43. The summed E-state index contributed by atoms with van der Waals surface area (Å²) < 4.78 is 26.8. The zero-order valence-corrected chi connectivity index (χ0v) is 12.3. The summed E-state index contributed by atoms with van der Waals surface area (Å²) in [6.45, 7) is 2.28. The fourth-order valence-corrected chi connectivity index (χ4v) is 4.01. The van der Waals surface area contributed by atoms with Crippen molar-refractivity contribution in [1.82, 2.24) is 0 Å². The van der Waals surface area contributed by atoms with Crippen LogP contribution in [-0.2, 0) is 0 Å². The number of halogens is 2. The number of thioether (sulfide) groups is 1. The van der Waals surface area contributed by atoms with Crippen LogP contribution in [0.4, 0.5) is 14.5 Å². The molecule has 0 saturated heterocycles. The zero-order valence-electron chi connectivity index (χ0n) is 11.5. The van der Waals surface area contributed by atoms with Crippen LogP contribution in [-0.4, -0.2) is 16.5 Å². The van der Waals surface area contributed by atoms with Crippen molar-refractivity contribution >= 4 is 22.6 Å². The van der Waals surface area contributed by atoms with Crippen LogP contribution in [0.2, 0.25) is 0 Å². The number of benzene rings is 1.